The predicted octanol–water partition coefficient (Wildman–Crippen LogP) is 1.40. The van der Waals surface area contributed by atoms with Crippen LogP contribution in [0.25, 0.3) is 22.4 Å². The number of imidazole rings is 1. The zero-order valence-electron chi connectivity index (χ0n) is 21.2. The number of hydrogen-bond acceptors (Lipinski definition) is 9. The van der Waals surface area contributed by atoms with E-state index in [1.165, 1.54) is 0 Å². The number of ether oxygens (including phenoxy) is 1. The monoisotopic (exact) mass is 506 g/mol. The first kappa shape index (κ1) is 24.1. The Morgan fingerprint density at radius 2 is 1.86 bits per heavy atom. The molecule has 2 aromatic heterocycles. The summed E-state index contributed by atoms with van der Waals surface area (Å²) in [6.07, 6.45) is 4.93. The van der Waals surface area contributed by atoms with Gasteiger partial charge in [0.05, 0.1) is 25.7 Å². The summed E-state index contributed by atoms with van der Waals surface area (Å²) in [5.41, 5.74) is 3.11. The van der Waals surface area contributed by atoms with Gasteiger partial charge >= 0.3 is 0 Å². The smallest absolute Gasteiger partial charge is 0.228 e. The van der Waals surface area contributed by atoms with Crippen LogP contribution in [0.1, 0.15) is 18.9 Å². The van der Waals surface area contributed by atoms with Gasteiger partial charge in [0.15, 0.2) is 5.65 Å². The lowest BCUT2D eigenvalue weighted by atomic mass is 10.0. The van der Waals surface area contributed by atoms with E-state index in [4.69, 9.17) is 19.7 Å². The number of phenols is 1. The number of piperazine rings is 1. The molecule has 0 aliphatic carbocycles. The van der Waals surface area contributed by atoms with E-state index in [1.807, 2.05) is 23.4 Å². The molecular formula is C26H34N8O3. The van der Waals surface area contributed by atoms with Gasteiger partial charge in [0.2, 0.25) is 12.4 Å². The molecule has 1 unspecified atom stereocenters. The van der Waals surface area contributed by atoms with Crippen molar-refractivity contribution in [3.8, 4) is 17.0 Å². The molecule has 0 bridgehead atoms. The average Bonchev–Trinajstić information content (AvgIpc) is 3.37. The van der Waals surface area contributed by atoms with Gasteiger partial charge in [0.1, 0.15) is 17.0 Å². The number of nitrogens with zero attached hydrogens (tertiary/aromatic N) is 8. The lowest BCUT2D eigenvalue weighted by molar-refractivity contribution is -0.129. The number of benzene rings is 1. The molecule has 1 N–H and O–H groups in total. The van der Waals surface area contributed by atoms with E-state index in [9.17, 15) is 9.90 Å². The van der Waals surface area contributed by atoms with E-state index in [2.05, 4.69) is 26.3 Å². The van der Waals surface area contributed by atoms with Crippen molar-refractivity contribution in [2.75, 3.05) is 71.0 Å². The van der Waals surface area contributed by atoms with Crippen molar-refractivity contribution in [3.63, 3.8) is 0 Å². The van der Waals surface area contributed by atoms with Gasteiger partial charge in [-0.25, -0.2) is 9.97 Å². The largest absolute Gasteiger partial charge is 0.508 e. The SMILES string of the molecule is CN1CCN(C=O)C(N2CCC(n3cnc4c(-c5cccc(O)c5)nc(N5CCOCC5)nc43)CC2)C1. The number of aromatic nitrogens is 4. The highest BCUT2D eigenvalue weighted by Crippen LogP contribution is 2.33. The number of aromatic hydroxyl groups is 1. The molecular weight excluding hydrogens is 472 g/mol. The minimum atomic E-state index is 0.129. The maximum absolute atomic E-state index is 11.7. The van der Waals surface area contributed by atoms with Crippen LogP contribution < -0.4 is 4.90 Å². The normalized spacial score (nSPS) is 22.6. The number of likely N-dealkylation sites (N-methyl/N-ethyl adjacent to an activating group) is 1. The molecule has 0 radical (unpaired) electrons. The number of carbonyl (C=O) groups excluding carboxylic acids is 1. The maximum atomic E-state index is 11.7. The fraction of sp³-hybridized carbons (Fsp3) is 0.538. The summed E-state index contributed by atoms with van der Waals surface area (Å²) in [4.78, 5) is 35.2. The van der Waals surface area contributed by atoms with E-state index in [-0.39, 0.29) is 18.0 Å². The summed E-state index contributed by atoms with van der Waals surface area (Å²) in [6.45, 7) is 7.16. The van der Waals surface area contributed by atoms with Crippen LogP contribution in [-0.2, 0) is 9.53 Å². The van der Waals surface area contributed by atoms with Crippen LogP contribution in [0.5, 0.6) is 5.75 Å². The highest BCUT2D eigenvalue weighted by molar-refractivity contribution is 5.88. The minimum absolute atomic E-state index is 0.129. The quantitative estimate of drug-likeness (QED) is 0.515. The van der Waals surface area contributed by atoms with Crippen molar-refractivity contribution in [1.82, 2.24) is 34.2 Å². The topological polar surface area (TPSA) is 103 Å². The van der Waals surface area contributed by atoms with Crippen LogP contribution in [0.4, 0.5) is 5.95 Å². The van der Waals surface area contributed by atoms with Crippen molar-refractivity contribution in [2.45, 2.75) is 25.0 Å². The van der Waals surface area contributed by atoms with Crippen molar-refractivity contribution in [3.05, 3.63) is 30.6 Å². The molecule has 37 heavy (non-hydrogen) atoms. The summed E-state index contributed by atoms with van der Waals surface area (Å²) in [6, 6.07) is 7.42. The average molecular weight is 507 g/mol. The third-order valence-corrected chi connectivity index (χ3v) is 7.87. The first-order valence-electron chi connectivity index (χ1n) is 13.1. The van der Waals surface area contributed by atoms with Crippen molar-refractivity contribution in [2.24, 2.45) is 0 Å². The molecule has 0 saturated carbocycles. The van der Waals surface area contributed by atoms with Crippen LogP contribution in [-0.4, -0.2) is 118 Å². The van der Waals surface area contributed by atoms with Crippen LogP contribution in [0.3, 0.4) is 0 Å². The van der Waals surface area contributed by atoms with E-state index >= 15 is 0 Å². The Morgan fingerprint density at radius 1 is 1.05 bits per heavy atom. The summed E-state index contributed by atoms with van der Waals surface area (Å²) >= 11 is 0. The highest BCUT2D eigenvalue weighted by Gasteiger charge is 2.33. The molecule has 11 heteroatoms. The number of amides is 1. The number of likely N-dealkylation sites (tertiary alicyclic amines) is 1. The fourth-order valence-corrected chi connectivity index (χ4v) is 5.75. The molecule has 11 nitrogen and oxygen atoms in total. The standard InChI is InChI=1S/C26H34N8O3/c1-30-9-10-33(18-35)22(16-30)31-7-5-20(6-8-31)34-17-27-24-23(19-3-2-4-21(36)15-19)28-26(29-25(24)34)32-11-13-37-14-12-32/h2-4,15,17-18,20,22,36H,5-14,16H2,1H3. The Labute approximate surface area is 216 Å². The summed E-state index contributed by atoms with van der Waals surface area (Å²) in [5, 5.41) is 10.1. The number of piperidine rings is 1. The second-order valence-corrected chi connectivity index (χ2v) is 10.2. The Hall–Kier alpha value is -3.28. The molecule has 0 spiro atoms. The second-order valence-electron chi connectivity index (χ2n) is 10.2. The Kier molecular flexibility index (Phi) is 6.66. The van der Waals surface area contributed by atoms with E-state index in [0.29, 0.717) is 19.2 Å². The van der Waals surface area contributed by atoms with E-state index in [0.717, 1.165) is 87.5 Å². The number of phenolic OH excluding ortho intramolecular Hbond substituents is 1. The van der Waals surface area contributed by atoms with Crippen molar-refractivity contribution < 1.29 is 14.6 Å². The van der Waals surface area contributed by atoms with Gasteiger partial charge < -0.3 is 29.1 Å². The van der Waals surface area contributed by atoms with Gasteiger partial charge in [-0.2, -0.15) is 4.98 Å². The third kappa shape index (κ3) is 4.74. The van der Waals surface area contributed by atoms with Crippen LogP contribution >= 0.6 is 0 Å². The van der Waals surface area contributed by atoms with Gasteiger partial charge in [-0.1, -0.05) is 12.1 Å². The molecule has 3 saturated heterocycles. The molecule has 3 aliphatic heterocycles. The van der Waals surface area contributed by atoms with E-state index < -0.39 is 0 Å². The first-order chi connectivity index (χ1) is 18.1. The summed E-state index contributed by atoms with van der Waals surface area (Å²) < 4.78 is 7.75. The van der Waals surface area contributed by atoms with Crippen LogP contribution in [0, 0.1) is 0 Å². The zero-order chi connectivity index (χ0) is 25.4. The third-order valence-electron chi connectivity index (χ3n) is 7.87. The lowest BCUT2D eigenvalue weighted by Gasteiger charge is -2.46. The number of carbonyl (C=O) groups is 1. The van der Waals surface area contributed by atoms with Gasteiger partial charge in [-0.3, -0.25) is 9.69 Å². The molecule has 6 rings (SSSR count). The number of rotatable bonds is 5. The minimum Gasteiger partial charge on any atom is -0.508 e. The molecule has 196 valence electrons. The first-order valence-corrected chi connectivity index (χ1v) is 13.1. The number of anilines is 1. The van der Waals surface area contributed by atoms with Gasteiger partial charge in [-0.15, -0.1) is 0 Å². The molecule has 1 atom stereocenters. The number of hydrogen-bond donors (Lipinski definition) is 1. The molecule has 1 aromatic carbocycles. The Balaban J connectivity index is 1.31. The second kappa shape index (κ2) is 10.2. The van der Waals surface area contributed by atoms with Crippen LogP contribution in [0.15, 0.2) is 30.6 Å². The van der Waals surface area contributed by atoms with Gasteiger partial charge in [0, 0.05) is 57.4 Å². The zero-order valence-corrected chi connectivity index (χ0v) is 21.2. The lowest BCUT2D eigenvalue weighted by Crippen LogP contribution is -2.60. The molecule has 3 fully saturated rings. The number of morpholine rings is 1. The van der Waals surface area contributed by atoms with Gasteiger partial charge in [-0.05, 0) is 32.0 Å². The molecule has 5 heterocycles. The van der Waals surface area contributed by atoms with Gasteiger partial charge in [0.25, 0.3) is 0 Å². The Bertz CT molecular complexity index is 1250. The number of fused-ring (bicyclic) bond motifs is 1. The molecule has 3 aromatic rings. The maximum Gasteiger partial charge on any atom is 0.228 e. The van der Waals surface area contributed by atoms with E-state index in [1.54, 1.807) is 12.1 Å². The highest BCUT2D eigenvalue weighted by atomic mass is 16.5. The Morgan fingerprint density at radius 3 is 2.62 bits per heavy atom. The summed E-state index contributed by atoms with van der Waals surface area (Å²) in [7, 11) is 2.12. The van der Waals surface area contributed by atoms with Crippen LogP contribution in [0.2, 0.25) is 0 Å². The molecule has 3 aliphatic rings. The fourth-order valence-electron chi connectivity index (χ4n) is 5.75. The predicted molar refractivity (Wildman–Crippen MR) is 139 cm³/mol. The molecule has 1 amide bonds. The van der Waals surface area contributed by atoms with Crippen molar-refractivity contribution >= 4 is 23.5 Å². The summed E-state index contributed by atoms with van der Waals surface area (Å²) in [5.74, 6) is 0.863. The van der Waals surface area contributed by atoms with Crippen molar-refractivity contribution in [1.29, 1.82) is 0 Å².